The molecule has 0 unspecified atom stereocenters. The van der Waals surface area contributed by atoms with E-state index < -0.39 is 0 Å². The van der Waals surface area contributed by atoms with Crippen LogP contribution in [0.1, 0.15) is 5.56 Å². The van der Waals surface area contributed by atoms with Gasteiger partial charge in [0.1, 0.15) is 7.05 Å². The fourth-order valence-electron chi connectivity index (χ4n) is 2.30. The molecule has 96 valence electrons. The first-order valence-corrected chi connectivity index (χ1v) is 6.15. The van der Waals surface area contributed by atoms with Gasteiger partial charge in [-0.3, -0.25) is 0 Å². The van der Waals surface area contributed by atoms with E-state index in [0.29, 0.717) is 0 Å². The Kier molecular flexibility index (Phi) is 4.47. The molecule has 1 aromatic carbocycles. The highest BCUT2D eigenvalue weighted by atomic mass is 127. The molecule has 0 aliphatic heterocycles. The van der Waals surface area contributed by atoms with Crippen molar-refractivity contribution in [1.29, 1.82) is 0 Å². The van der Waals surface area contributed by atoms with E-state index in [0.717, 1.165) is 6.54 Å². The summed E-state index contributed by atoms with van der Waals surface area (Å²) in [6, 6.07) is 16.9. The van der Waals surface area contributed by atoms with Crippen LogP contribution in [-0.4, -0.2) is 0 Å². The molecule has 3 aromatic rings. The zero-order valence-electron chi connectivity index (χ0n) is 10.8. The number of fused-ring (bicyclic) bond motifs is 1. The normalized spacial score (nSPS) is 10.2. The molecule has 0 fully saturated rings. The van der Waals surface area contributed by atoms with Crippen LogP contribution >= 0.6 is 0 Å². The van der Waals surface area contributed by atoms with Gasteiger partial charge in [0.05, 0.1) is 5.39 Å². The van der Waals surface area contributed by atoms with Crippen molar-refractivity contribution in [3.63, 3.8) is 0 Å². The predicted octanol–water partition coefficient (Wildman–Crippen LogP) is -0.996. The van der Waals surface area contributed by atoms with Crippen molar-refractivity contribution in [1.82, 2.24) is 0 Å². The minimum atomic E-state index is 0. The summed E-state index contributed by atoms with van der Waals surface area (Å²) in [5.41, 5.74) is 2.62. The van der Waals surface area contributed by atoms with Crippen LogP contribution in [0.5, 0.6) is 0 Å². The first kappa shape index (κ1) is 13.9. The van der Waals surface area contributed by atoms with Crippen LogP contribution in [-0.2, 0) is 13.6 Å². The van der Waals surface area contributed by atoms with Gasteiger partial charge in [-0.15, -0.1) is 0 Å². The Morgan fingerprint density at radius 1 is 0.842 bits per heavy atom. The zero-order chi connectivity index (χ0) is 12.4. The number of benzene rings is 1. The van der Waals surface area contributed by atoms with Crippen LogP contribution in [0, 0.1) is 0 Å². The lowest BCUT2D eigenvalue weighted by molar-refractivity contribution is -0.688. The first-order valence-electron chi connectivity index (χ1n) is 6.15. The van der Waals surface area contributed by atoms with E-state index in [1.165, 1.54) is 16.5 Å². The van der Waals surface area contributed by atoms with Crippen molar-refractivity contribution >= 4 is 10.9 Å². The van der Waals surface area contributed by atoms with Gasteiger partial charge >= 0.3 is 0 Å². The third-order valence-electron chi connectivity index (χ3n) is 3.26. The molecule has 0 atom stereocenters. The van der Waals surface area contributed by atoms with Crippen molar-refractivity contribution in [2.24, 2.45) is 7.05 Å². The Hall–Kier alpha value is -1.49. The van der Waals surface area contributed by atoms with Gasteiger partial charge in [-0.2, -0.15) is 0 Å². The minimum Gasteiger partial charge on any atom is -1.00 e. The smallest absolute Gasteiger partial charge is 0.212 e. The number of pyridine rings is 2. The molecule has 2 nitrogen and oxygen atoms in total. The fraction of sp³-hybridized carbons (Fsp3) is 0.125. The average Bonchev–Trinajstić information content (AvgIpc) is 2.44. The van der Waals surface area contributed by atoms with E-state index in [9.17, 15) is 0 Å². The molecule has 2 aromatic heterocycles. The number of halogens is 1. The summed E-state index contributed by atoms with van der Waals surface area (Å²) >= 11 is 0. The summed E-state index contributed by atoms with van der Waals surface area (Å²) in [6.07, 6.45) is 6.32. The summed E-state index contributed by atoms with van der Waals surface area (Å²) < 4.78 is 4.36. The molecule has 0 radical (unpaired) electrons. The molecule has 0 saturated heterocycles. The second-order valence-corrected chi connectivity index (χ2v) is 4.52. The van der Waals surface area contributed by atoms with Crippen molar-refractivity contribution in [3.05, 3.63) is 72.7 Å². The third kappa shape index (κ3) is 2.92. The Bertz CT molecular complexity index is 681. The van der Waals surface area contributed by atoms with Crippen LogP contribution in [0.4, 0.5) is 0 Å². The van der Waals surface area contributed by atoms with Crippen LogP contribution in [0.25, 0.3) is 10.9 Å². The summed E-state index contributed by atoms with van der Waals surface area (Å²) in [7, 11) is 2.09. The number of rotatable bonds is 2. The van der Waals surface area contributed by atoms with Crippen LogP contribution in [0.3, 0.4) is 0 Å². The molecule has 0 amide bonds. The number of aryl methyl sites for hydroxylation is 1. The number of aromatic nitrogens is 2. The lowest BCUT2D eigenvalue weighted by atomic mass is 10.1. The van der Waals surface area contributed by atoms with Crippen molar-refractivity contribution < 1.29 is 33.1 Å². The van der Waals surface area contributed by atoms with Crippen molar-refractivity contribution in [2.45, 2.75) is 6.54 Å². The lowest BCUT2D eigenvalue weighted by Gasteiger charge is -2.02. The zero-order valence-corrected chi connectivity index (χ0v) is 13.0. The Balaban J connectivity index is 0.00000133. The van der Waals surface area contributed by atoms with Gasteiger partial charge < -0.3 is 24.0 Å². The van der Waals surface area contributed by atoms with Gasteiger partial charge in [-0.25, -0.2) is 9.13 Å². The van der Waals surface area contributed by atoms with Gasteiger partial charge in [-0.1, -0.05) is 18.2 Å². The number of para-hydroxylation sites is 1. The highest BCUT2D eigenvalue weighted by molar-refractivity contribution is 5.78. The average molecular weight is 363 g/mol. The third-order valence-corrected chi connectivity index (χ3v) is 3.26. The maximum absolute atomic E-state index is 2.20. The SMILES string of the molecule is C[n+]1ccc(C[n+]2ccccc2)c2ccccc21.[I-]. The molecule has 3 heteroatoms. The number of hydrogen-bond donors (Lipinski definition) is 0. The lowest BCUT2D eigenvalue weighted by Crippen LogP contribution is -3.00. The maximum Gasteiger partial charge on any atom is 0.212 e. The Morgan fingerprint density at radius 3 is 2.37 bits per heavy atom. The molecule has 2 heterocycles. The van der Waals surface area contributed by atoms with Crippen LogP contribution < -0.4 is 33.1 Å². The molecular weight excluding hydrogens is 347 g/mol. The number of nitrogens with zero attached hydrogens (tertiary/aromatic N) is 2. The van der Waals surface area contributed by atoms with Gasteiger partial charge in [0.2, 0.25) is 5.52 Å². The minimum absolute atomic E-state index is 0. The summed E-state index contributed by atoms with van der Waals surface area (Å²) in [6.45, 7) is 0.905. The number of hydrogen-bond acceptors (Lipinski definition) is 0. The van der Waals surface area contributed by atoms with Gasteiger partial charge in [-0.05, 0) is 6.07 Å². The van der Waals surface area contributed by atoms with E-state index in [2.05, 4.69) is 77.2 Å². The van der Waals surface area contributed by atoms with E-state index in [-0.39, 0.29) is 24.0 Å². The molecule has 19 heavy (non-hydrogen) atoms. The molecule has 0 N–H and O–H groups in total. The summed E-state index contributed by atoms with van der Waals surface area (Å²) in [4.78, 5) is 0. The molecule has 3 rings (SSSR count). The Morgan fingerprint density at radius 2 is 1.58 bits per heavy atom. The van der Waals surface area contributed by atoms with Gasteiger partial charge in [0.15, 0.2) is 25.1 Å². The molecule has 0 saturated carbocycles. The maximum atomic E-state index is 2.20. The monoisotopic (exact) mass is 363 g/mol. The summed E-state index contributed by atoms with van der Waals surface area (Å²) in [5.74, 6) is 0. The largest absolute Gasteiger partial charge is 1.00 e. The van der Waals surface area contributed by atoms with Gasteiger partial charge in [0, 0.05) is 29.8 Å². The fourth-order valence-corrected chi connectivity index (χ4v) is 2.30. The van der Waals surface area contributed by atoms with Crippen molar-refractivity contribution in [2.75, 3.05) is 0 Å². The molecule has 0 aliphatic rings. The van der Waals surface area contributed by atoms with E-state index >= 15 is 0 Å². The topological polar surface area (TPSA) is 7.76 Å². The van der Waals surface area contributed by atoms with Crippen molar-refractivity contribution in [3.8, 4) is 0 Å². The summed E-state index contributed by atoms with van der Waals surface area (Å²) in [5, 5.41) is 1.32. The van der Waals surface area contributed by atoms with Crippen LogP contribution in [0.2, 0.25) is 0 Å². The van der Waals surface area contributed by atoms with E-state index in [1.807, 2.05) is 6.07 Å². The highest BCUT2D eigenvalue weighted by Crippen LogP contribution is 2.14. The van der Waals surface area contributed by atoms with E-state index in [4.69, 9.17) is 0 Å². The molecule has 0 bridgehead atoms. The first-order chi connectivity index (χ1) is 8.84. The molecule has 0 aliphatic carbocycles. The second kappa shape index (κ2) is 6.10. The highest BCUT2D eigenvalue weighted by Gasteiger charge is 2.11. The van der Waals surface area contributed by atoms with Gasteiger partial charge in [0.25, 0.3) is 0 Å². The standard InChI is InChI=1S/C16H16N2.HI/c1-17-12-9-14(13-18-10-5-2-6-11-18)15-7-3-4-8-16(15)17;/h2-12H,13H2,1H3;1H/q+2;/p-1. The predicted molar refractivity (Wildman–Crippen MR) is 70.9 cm³/mol. The Labute approximate surface area is 130 Å². The quantitative estimate of drug-likeness (QED) is 0.408. The van der Waals surface area contributed by atoms with Crippen LogP contribution in [0.15, 0.2) is 67.1 Å². The van der Waals surface area contributed by atoms with E-state index in [1.54, 1.807) is 0 Å². The molecular formula is C16H16IN2+. The second-order valence-electron chi connectivity index (χ2n) is 4.52. The molecule has 0 spiro atoms.